The summed E-state index contributed by atoms with van der Waals surface area (Å²) in [6.07, 6.45) is 1.88. The van der Waals surface area contributed by atoms with Gasteiger partial charge in [0.25, 0.3) is 5.91 Å². The van der Waals surface area contributed by atoms with Gasteiger partial charge in [-0.3, -0.25) is 15.0 Å². The lowest BCUT2D eigenvalue weighted by atomic mass is 10.2. The summed E-state index contributed by atoms with van der Waals surface area (Å²) in [5.41, 5.74) is 5.20. The van der Waals surface area contributed by atoms with Gasteiger partial charge in [0.15, 0.2) is 0 Å². The van der Waals surface area contributed by atoms with Crippen molar-refractivity contribution in [2.75, 3.05) is 43.2 Å². The van der Waals surface area contributed by atoms with Crippen molar-refractivity contribution in [3.8, 4) is 5.75 Å². The number of anilines is 2. The fourth-order valence-corrected chi connectivity index (χ4v) is 3.64. The van der Waals surface area contributed by atoms with E-state index in [1.807, 2.05) is 59.5 Å². The van der Waals surface area contributed by atoms with Crippen molar-refractivity contribution in [2.45, 2.75) is 6.42 Å². The summed E-state index contributed by atoms with van der Waals surface area (Å²) in [7, 11) is 1.67. The SMILES string of the molecule is COc1ccccc1N1CCN(C(=O)C2=CCC(=O)N(c3ccccc3)N2)CC1. The van der Waals surface area contributed by atoms with E-state index in [0.29, 0.717) is 18.8 Å². The number of amides is 2. The number of hydrogen-bond acceptors (Lipinski definition) is 5. The Morgan fingerprint density at radius 1 is 0.966 bits per heavy atom. The number of piperazine rings is 1. The summed E-state index contributed by atoms with van der Waals surface area (Å²) in [6, 6.07) is 17.2. The van der Waals surface area contributed by atoms with E-state index >= 15 is 0 Å². The first-order chi connectivity index (χ1) is 14.2. The van der Waals surface area contributed by atoms with Gasteiger partial charge in [0.1, 0.15) is 11.4 Å². The highest BCUT2D eigenvalue weighted by molar-refractivity contribution is 6.01. The Morgan fingerprint density at radius 2 is 1.66 bits per heavy atom. The number of nitrogens with one attached hydrogen (secondary N) is 1. The molecule has 150 valence electrons. The van der Waals surface area contributed by atoms with Crippen LogP contribution >= 0.6 is 0 Å². The van der Waals surface area contributed by atoms with Crippen molar-refractivity contribution in [1.29, 1.82) is 0 Å². The van der Waals surface area contributed by atoms with Gasteiger partial charge in [0.05, 0.1) is 18.5 Å². The van der Waals surface area contributed by atoms with Crippen LogP contribution in [0.15, 0.2) is 66.4 Å². The first-order valence-corrected chi connectivity index (χ1v) is 9.69. The lowest BCUT2D eigenvalue weighted by molar-refractivity contribution is -0.128. The van der Waals surface area contributed by atoms with Crippen LogP contribution in [-0.2, 0) is 9.59 Å². The maximum Gasteiger partial charge on any atom is 0.271 e. The molecule has 1 fully saturated rings. The summed E-state index contributed by atoms with van der Waals surface area (Å²) in [4.78, 5) is 29.3. The Morgan fingerprint density at radius 3 is 2.38 bits per heavy atom. The third kappa shape index (κ3) is 3.89. The molecule has 2 heterocycles. The van der Waals surface area contributed by atoms with Crippen LogP contribution < -0.4 is 20.1 Å². The Kier molecular flexibility index (Phi) is 5.37. The summed E-state index contributed by atoms with van der Waals surface area (Å²) in [5.74, 6) is 0.660. The van der Waals surface area contributed by atoms with E-state index in [1.165, 1.54) is 5.01 Å². The molecule has 7 heteroatoms. The largest absolute Gasteiger partial charge is 0.495 e. The number of carbonyl (C=O) groups excluding carboxylic acids is 2. The second-order valence-corrected chi connectivity index (χ2v) is 6.95. The zero-order valence-corrected chi connectivity index (χ0v) is 16.4. The molecule has 7 nitrogen and oxygen atoms in total. The number of para-hydroxylation sites is 3. The molecule has 0 atom stereocenters. The van der Waals surface area contributed by atoms with Gasteiger partial charge in [-0.15, -0.1) is 0 Å². The average Bonchev–Trinajstić information content (AvgIpc) is 2.79. The molecule has 2 aliphatic rings. The molecule has 2 aromatic carbocycles. The molecule has 4 rings (SSSR count). The maximum atomic E-state index is 13.0. The number of ether oxygens (including phenoxy) is 1. The van der Waals surface area contributed by atoms with Crippen molar-refractivity contribution in [3.63, 3.8) is 0 Å². The highest BCUT2D eigenvalue weighted by Crippen LogP contribution is 2.28. The summed E-state index contributed by atoms with van der Waals surface area (Å²) < 4.78 is 5.45. The van der Waals surface area contributed by atoms with E-state index in [0.717, 1.165) is 30.2 Å². The minimum Gasteiger partial charge on any atom is -0.495 e. The molecule has 0 bridgehead atoms. The Bertz CT molecular complexity index is 921. The smallest absolute Gasteiger partial charge is 0.271 e. The van der Waals surface area contributed by atoms with Gasteiger partial charge >= 0.3 is 0 Å². The molecule has 0 radical (unpaired) electrons. The van der Waals surface area contributed by atoms with Crippen LogP contribution in [0.3, 0.4) is 0 Å². The van der Waals surface area contributed by atoms with E-state index in [1.54, 1.807) is 13.2 Å². The molecule has 1 saturated heterocycles. The van der Waals surface area contributed by atoms with Crippen LogP contribution in [0.5, 0.6) is 5.75 Å². The molecule has 1 N–H and O–H groups in total. The molecular formula is C22H24N4O3. The number of carbonyl (C=O) groups is 2. The third-order valence-corrected chi connectivity index (χ3v) is 5.20. The Hall–Kier alpha value is -3.48. The van der Waals surface area contributed by atoms with Crippen LogP contribution in [0, 0.1) is 0 Å². The zero-order chi connectivity index (χ0) is 20.2. The van der Waals surface area contributed by atoms with Crippen molar-refractivity contribution in [2.24, 2.45) is 0 Å². The zero-order valence-electron chi connectivity index (χ0n) is 16.4. The van der Waals surface area contributed by atoms with E-state index in [9.17, 15) is 9.59 Å². The Balaban J connectivity index is 1.41. The molecule has 0 unspecified atom stereocenters. The highest BCUT2D eigenvalue weighted by atomic mass is 16.5. The third-order valence-electron chi connectivity index (χ3n) is 5.20. The molecule has 0 saturated carbocycles. The van der Waals surface area contributed by atoms with E-state index in [-0.39, 0.29) is 18.2 Å². The van der Waals surface area contributed by atoms with Gasteiger partial charge in [-0.25, -0.2) is 5.01 Å². The highest BCUT2D eigenvalue weighted by Gasteiger charge is 2.29. The van der Waals surface area contributed by atoms with Gasteiger partial charge < -0.3 is 14.5 Å². The normalized spacial score (nSPS) is 16.9. The molecule has 0 spiro atoms. The molecule has 2 amide bonds. The van der Waals surface area contributed by atoms with E-state index in [2.05, 4.69) is 10.3 Å². The van der Waals surface area contributed by atoms with Crippen molar-refractivity contribution < 1.29 is 14.3 Å². The van der Waals surface area contributed by atoms with Gasteiger partial charge in [0.2, 0.25) is 5.91 Å². The number of rotatable bonds is 4. The van der Waals surface area contributed by atoms with Crippen LogP contribution in [0.4, 0.5) is 11.4 Å². The second-order valence-electron chi connectivity index (χ2n) is 6.95. The minimum absolute atomic E-state index is 0.0851. The summed E-state index contributed by atoms with van der Waals surface area (Å²) >= 11 is 0. The molecule has 2 aliphatic heterocycles. The second kappa shape index (κ2) is 8.26. The number of hydrazine groups is 1. The molecular weight excluding hydrogens is 368 g/mol. The van der Waals surface area contributed by atoms with Crippen LogP contribution in [0.2, 0.25) is 0 Å². The number of nitrogens with zero attached hydrogens (tertiary/aromatic N) is 3. The van der Waals surface area contributed by atoms with Crippen molar-refractivity contribution in [1.82, 2.24) is 10.3 Å². The monoisotopic (exact) mass is 392 g/mol. The first kappa shape index (κ1) is 18.9. The molecule has 0 aliphatic carbocycles. The number of methoxy groups -OCH3 is 1. The lowest BCUT2D eigenvalue weighted by Crippen LogP contribution is -2.53. The van der Waals surface area contributed by atoms with Crippen LogP contribution in [-0.4, -0.2) is 50.0 Å². The maximum absolute atomic E-state index is 13.0. The van der Waals surface area contributed by atoms with Gasteiger partial charge in [0, 0.05) is 32.6 Å². The quantitative estimate of drug-likeness (QED) is 0.864. The van der Waals surface area contributed by atoms with Crippen molar-refractivity contribution in [3.05, 3.63) is 66.4 Å². The summed E-state index contributed by atoms with van der Waals surface area (Å²) in [5, 5.41) is 1.44. The van der Waals surface area contributed by atoms with Crippen LogP contribution in [0.1, 0.15) is 6.42 Å². The predicted molar refractivity (Wildman–Crippen MR) is 112 cm³/mol. The first-order valence-electron chi connectivity index (χ1n) is 9.69. The molecule has 29 heavy (non-hydrogen) atoms. The van der Waals surface area contributed by atoms with Gasteiger partial charge in [-0.1, -0.05) is 30.3 Å². The minimum atomic E-state index is -0.0891. The van der Waals surface area contributed by atoms with Gasteiger partial charge in [-0.2, -0.15) is 0 Å². The molecule has 2 aromatic rings. The van der Waals surface area contributed by atoms with Gasteiger partial charge in [-0.05, 0) is 30.3 Å². The number of hydrogen-bond donors (Lipinski definition) is 1. The van der Waals surface area contributed by atoms with Crippen LogP contribution in [0.25, 0.3) is 0 Å². The average molecular weight is 392 g/mol. The lowest BCUT2D eigenvalue weighted by Gasteiger charge is -2.38. The van der Waals surface area contributed by atoms with E-state index in [4.69, 9.17) is 4.74 Å². The molecule has 0 aromatic heterocycles. The van der Waals surface area contributed by atoms with Crippen molar-refractivity contribution >= 4 is 23.2 Å². The fraction of sp³-hybridized carbons (Fsp3) is 0.273. The Labute approximate surface area is 170 Å². The van der Waals surface area contributed by atoms with E-state index < -0.39 is 0 Å². The summed E-state index contributed by atoms with van der Waals surface area (Å²) in [6.45, 7) is 2.66. The predicted octanol–water partition coefficient (Wildman–Crippen LogP) is 2.17. The topological polar surface area (TPSA) is 65.1 Å². The standard InChI is InChI=1S/C22H24N4O3/c1-29-20-10-6-5-9-19(20)24-13-15-25(16-14-24)22(28)18-11-12-21(27)26(23-18)17-7-3-2-4-8-17/h2-11,23H,12-16H2,1H3. The number of benzene rings is 2. The fourth-order valence-electron chi connectivity index (χ4n) is 3.64.